The van der Waals surface area contributed by atoms with Crippen molar-refractivity contribution in [3.63, 3.8) is 0 Å². The number of carbonyl (C=O) groups is 1. The quantitative estimate of drug-likeness (QED) is 0.584. The number of hydrogen-bond donors (Lipinski definition) is 2. The van der Waals surface area contributed by atoms with Crippen molar-refractivity contribution in [2.75, 3.05) is 11.1 Å². The molecule has 0 aromatic heterocycles. The van der Waals surface area contributed by atoms with E-state index < -0.39 is 0 Å². The number of aryl methyl sites for hydroxylation is 1. The predicted octanol–water partition coefficient (Wildman–Crippen LogP) is 3.49. The van der Waals surface area contributed by atoms with Crippen LogP contribution < -0.4 is 11.1 Å². The largest absolute Gasteiger partial charge is 0.399 e. The molecule has 1 rings (SSSR count). The number of anilines is 2. The van der Waals surface area contributed by atoms with E-state index in [0.29, 0.717) is 12.1 Å². The maximum absolute atomic E-state index is 11.7. The summed E-state index contributed by atoms with van der Waals surface area (Å²) in [6.07, 6.45) is 5.07. The normalized spacial score (nSPS) is 10.2. The Bertz CT molecular complexity index is 374. The summed E-state index contributed by atoms with van der Waals surface area (Å²) in [5.74, 6) is 0.0785. The van der Waals surface area contributed by atoms with E-state index in [4.69, 9.17) is 5.73 Å². The number of carbonyl (C=O) groups excluding carboxylic acids is 1. The lowest BCUT2D eigenvalue weighted by atomic mass is 10.1. The molecule has 1 aromatic carbocycles. The second-order valence-corrected chi connectivity index (χ2v) is 4.43. The summed E-state index contributed by atoms with van der Waals surface area (Å²) in [6.45, 7) is 4.13. The smallest absolute Gasteiger partial charge is 0.224 e. The molecule has 0 heterocycles. The molecule has 17 heavy (non-hydrogen) atoms. The fraction of sp³-hybridized carbons (Fsp3) is 0.500. The van der Waals surface area contributed by atoms with Crippen LogP contribution in [0, 0.1) is 6.92 Å². The zero-order valence-corrected chi connectivity index (χ0v) is 10.8. The predicted molar refractivity (Wildman–Crippen MR) is 73.0 cm³/mol. The first kappa shape index (κ1) is 13.6. The summed E-state index contributed by atoms with van der Waals surface area (Å²) in [4.78, 5) is 11.7. The number of rotatable bonds is 6. The lowest BCUT2D eigenvalue weighted by Gasteiger charge is -2.09. The topological polar surface area (TPSA) is 55.1 Å². The number of benzene rings is 1. The second kappa shape index (κ2) is 6.94. The van der Waals surface area contributed by atoms with Crippen molar-refractivity contribution in [1.29, 1.82) is 0 Å². The average Bonchev–Trinajstić information content (AvgIpc) is 2.29. The van der Waals surface area contributed by atoms with Gasteiger partial charge >= 0.3 is 0 Å². The van der Waals surface area contributed by atoms with Gasteiger partial charge in [-0.15, -0.1) is 0 Å². The van der Waals surface area contributed by atoms with E-state index in [0.717, 1.165) is 24.1 Å². The molecule has 3 N–H and O–H groups in total. The highest BCUT2D eigenvalue weighted by molar-refractivity contribution is 5.91. The van der Waals surface area contributed by atoms with E-state index in [-0.39, 0.29) is 5.91 Å². The first-order valence-electron chi connectivity index (χ1n) is 6.29. The molecule has 0 aliphatic heterocycles. The zero-order chi connectivity index (χ0) is 12.7. The van der Waals surface area contributed by atoms with Crippen LogP contribution in [-0.4, -0.2) is 5.91 Å². The van der Waals surface area contributed by atoms with Gasteiger partial charge < -0.3 is 11.1 Å². The molecule has 0 aliphatic rings. The zero-order valence-electron chi connectivity index (χ0n) is 10.8. The van der Waals surface area contributed by atoms with Crippen LogP contribution in [-0.2, 0) is 4.79 Å². The van der Waals surface area contributed by atoms with Crippen LogP contribution in [0.4, 0.5) is 11.4 Å². The molecule has 0 bridgehead atoms. The van der Waals surface area contributed by atoms with Gasteiger partial charge in [0.25, 0.3) is 0 Å². The van der Waals surface area contributed by atoms with Crippen molar-refractivity contribution >= 4 is 17.3 Å². The molecular formula is C14H22N2O. The van der Waals surface area contributed by atoms with E-state index in [2.05, 4.69) is 12.2 Å². The fourth-order valence-corrected chi connectivity index (χ4v) is 1.70. The minimum Gasteiger partial charge on any atom is -0.399 e. The molecule has 3 heteroatoms. The van der Waals surface area contributed by atoms with Crippen LogP contribution >= 0.6 is 0 Å². The molecule has 0 atom stereocenters. The van der Waals surface area contributed by atoms with Crippen molar-refractivity contribution in [2.24, 2.45) is 0 Å². The summed E-state index contributed by atoms with van der Waals surface area (Å²) < 4.78 is 0. The lowest BCUT2D eigenvalue weighted by Crippen LogP contribution is -2.12. The first-order valence-corrected chi connectivity index (χ1v) is 6.29. The number of nitrogen functional groups attached to an aromatic ring is 1. The van der Waals surface area contributed by atoms with E-state index in [9.17, 15) is 4.79 Å². The second-order valence-electron chi connectivity index (χ2n) is 4.43. The van der Waals surface area contributed by atoms with Gasteiger partial charge in [-0.1, -0.05) is 32.3 Å². The summed E-state index contributed by atoms with van der Waals surface area (Å²) in [7, 11) is 0. The average molecular weight is 234 g/mol. The third kappa shape index (κ3) is 4.89. The number of nitrogens with one attached hydrogen (secondary N) is 1. The molecule has 0 unspecified atom stereocenters. The Balaban J connectivity index is 2.42. The lowest BCUT2D eigenvalue weighted by molar-refractivity contribution is -0.116. The highest BCUT2D eigenvalue weighted by atomic mass is 16.1. The molecule has 1 aromatic rings. The standard InChI is InChI=1S/C14H22N2O/c1-3-4-5-6-7-14(17)16-13-10-12(15)9-8-11(13)2/h8-10H,3-7,15H2,1-2H3,(H,16,17). The number of hydrogen-bond acceptors (Lipinski definition) is 2. The molecule has 0 saturated carbocycles. The Hall–Kier alpha value is -1.51. The maximum Gasteiger partial charge on any atom is 0.224 e. The summed E-state index contributed by atoms with van der Waals surface area (Å²) in [6, 6.07) is 5.56. The van der Waals surface area contributed by atoms with Crippen LogP contribution in [0.2, 0.25) is 0 Å². The number of nitrogens with two attached hydrogens (primary N) is 1. The summed E-state index contributed by atoms with van der Waals surface area (Å²) >= 11 is 0. The van der Waals surface area contributed by atoms with Crippen molar-refractivity contribution in [3.05, 3.63) is 23.8 Å². The third-order valence-corrected chi connectivity index (χ3v) is 2.79. The Morgan fingerprint density at radius 1 is 1.29 bits per heavy atom. The van der Waals surface area contributed by atoms with E-state index in [1.165, 1.54) is 12.8 Å². The van der Waals surface area contributed by atoms with E-state index in [1.54, 1.807) is 6.07 Å². The van der Waals surface area contributed by atoms with Gasteiger partial charge in [-0.3, -0.25) is 4.79 Å². The van der Waals surface area contributed by atoms with Gasteiger partial charge in [0.15, 0.2) is 0 Å². The van der Waals surface area contributed by atoms with Crippen LogP contribution in [0.1, 0.15) is 44.6 Å². The van der Waals surface area contributed by atoms with Crippen molar-refractivity contribution in [3.8, 4) is 0 Å². The molecule has 0 spiro atoms. The Labute approximate surface area is 103 Å². The maximum atomic E-state index is 11.7. The fourth-order valence-electron chi connectivity index (χ4n) is 1.70. The van der Waals surface area contributed by atoms with Gasteiger partial charge in [0, 0.05) is 17.8 Å². The van der Waals surface area contributed by atoms with Crippen molar-refractivity contribution in [2.45, 2.75) is 46.0 Å². The van der Waals surface area contributed by atoms with Gasteiger partial charge in [0.1, 0.15) is 0 Å². The highest BCUT2D eigenvalue weighted by Gasteiger charge is 2.04. The minimum absolute atomic E-state index is 0.0785. The SMILES string of the molecule is CCCCCCC(=O)Nc1cc(N)ccc1C. The summed E-state index contributed by atoms with van der Waals surface area (Å²) in [5.41, 5.74) is 8.24. The van der Waals surface area contributed by atoms with Crippen molar-refractivity contribution < 1.29 is 4.79 Å². The molecule has 0 radical (unpaired) electrons. The monoisotopic (exact) mass is 234 g/mol. The van der Waals surface area contributed by atoms with Crippen LogP contribution in [0.3, 0.4) is 0 Å². The van der Waals surface area contributed by atoms with Gasteiger partial charge in [0.05, 0.1) is 0 Å². The molecule has 1 amide bonds. The highest BCUT2D eigenvalue weighted by Crippen LogP contribution is 2.18. The van der Waals surface area contributed by atoms with Gasteiger partial charge in [0.2, 0.25) is 5.91 Å². The Kier molecular flexibility index (Phi) is 5.53. The molecule has 0 fully saturated rings. The molecule has 0 saturated heterocycles. The van der Waals surface area contributed by atoms with E-state index in [1.807, 2.05) is 19.1 Å². The van der Waals surface area contributed by atoms with E-state index >= 15 is 0 Å². The van der Waals surface area contributed by atoms with Gasteiger partial charge in [-0.25, -0.2) is 0 Å². The van der Waals surface area contributed by atoms with Gasteiger partial charge in [-0.05, 0) is 31.0 Å². The third-order valence-electron chi connectivity index (χ3n) is 2.79. The molecular weight excluding hydrogens is 212 g/mol. The molecule has 0 aliphatic carbocycles. The molecule has 94 valence electrons. The Morgan fingerprint density at radius 3 is 2.76 bits per heavy atom. The van der Waals surface area contributed by atoms with Crippen LogP contribution in [0.15, 0.2) is 18.2 Å². The van der Waals surface area contributed by atoms with Crippen LogP contribution in [0.25, 0.3) is 0 Å². The minimum atomic E-state index is 0.0785. The van der Waals surface area contributed by atoms with Crippen molar-refractivity contribution in [1.82, 2.24) is 0 Å². The number of amides is 1. The Morgan fingerprint density at radius 2 is 2.06 bits per heavy atom. The van der Waals surface area contributed by atoms with Crippen LogP contribution in [0.5, 0.6) is 0 Å². The van der Waals surface area contributed by atoms with Gasteiger partial charge in [-0.2, -0.15) is 0 Å². The first-order chi connectivity index (χ1) is 8.13. The number of unbranched alkanes of at least 4 members (excludes halogenated alkanes) is 3. The molecule has 3 nitrogen and oxygen atoms in total. The summed E-state index contributed by atoms with van der Waals surface area (Å²) in [5, 5.41) is 2.91.